The van der Waals surface area contributed by atoms with Crippen LogP contribution in [0.15, 0.2) is 30.9 Å². The Morgan fingerprint density at radius 2 is 2.28 bits per heavy atom. The number of hydrogen-bond acceptors (Lipinski definition) is 6. The van der Waals surface area contributed by atoms with E-state index < -0.39 is 0 Å². The Morgan fingerprint density at radius 1 is 1.44 bits per heavy atom. The molecule has 1 saturated heterocycles. The molecule has 3 rings (SSSR count). The predicted molar refractivity (Wildman–Crippen MR) is 91.6 cm³/mol. The van der Waals surface area contributed by atoms with Crippen LogP contribution in [0.3, 0.4) is 0 Å². The zero-order valence-electron chi connectivity index (χ0n) is 13.7. The summed E-state index contributed by atoms with van der Waals surface area (Å²) in [6, 6.07) is 4.74. The molecular formula is C16H18ClN5O3. The molecule has 2 aromatic rings. The fourth-order valence-electron chi connectivity index (χ4n) is 2.93. The molecule has 1 unspecified atom stereocenters. The summed E-state index contributed by atoms with van der Waals surface area (Å²) in [7, 11) is 1.36. The number of aromatic nitrogens is 3. The standard InChI is InChI=1S/C16H18ClN5O3/c1-25-16(24)14-3-2-6-21(14)8-15(23)20-12-7-11(17)4-5-13(12)22-10-18-9-19-22/h4-5,7,9-10,14H,2-3,6,8H2,1H3,(H,20,23). The Kier molecular flexibility index (Phi) is 5.30. The second kappa shape index (κ2) is 7.62. The number of hydrogen-bond donors (Lipinski definition) is 1. The van der Waals surface area contributed by atoms with Gasteiger partial charge in [0.25, 0.3) is 0 Å². The molecule has 1 N–H and O–H groups in total. The van der Waals surface area contributed by atoms with Crippen LogP contribution in [0.5, 0.6) is 0 Å². The van der Waals surface area contributed by atoms with E-state index in [1.54, 1.807) is 22.9 Å². The molecular weight excluding hydrogens is 346 g/mol. The van der Waals surface area contributed by atoms with E-state index in [0.717, 1.165) is 6.42 Å². The van der Waals surface area contributed by atoms with Crippen LogP contribution in [0.2, 0.25) is 5.02 Å². The van der Waals surface area contributed by atoms with Crippen LogP contribution in [0.4, 0.5) is 5.69 Å². The first kappa shape index (κ1) is 17.4. The second-order valence-electron chi connectivity index (χ2n) is 5.70. The largest absolute Gasteiger partial charge is 0.468 e. The molecule has 25 heavy (non-hydrogen) atoms. The maximum Gasteiger partial charge on any atom is 0.323 e. The van der Waals surface area contributed by atoms with Crippen LogP contribution >= 0.6 is 11.6 Å². The van der Waals surface area contributed by atoms with Gasteiger partial charge in [0.15, 0.2) is 0 Å². The molecule has 0 saturated carbocycles. The normalized spacial score (nSPS) is 17.4. The molecule has 1 aliphatic heterocycles. The molecule has 1 atom stereocenters. The van der Waals surface area contributed by atoms with Gasteiger partial charge in [-0.05, 0) is 37.6 Å². The summed E-state index contributed by atoms with van der Waals surface area (Å²) < 4.78 is 6.34. The number of carbonyl (C=O) groups excluding carboxylic acids is 2. The highest BCUT2D eigenvalue weighted by Gasteiger charge is 2.32. The van der Waals surface area contributed by atoms with E-state index in [4.69, 9.17) is 16.3 Å². The third-order valence-corrected chi connectivity index (χ3v) is 4.32. The van der Waals surface area contributed by atoms with Gasteiger partial charge in [-0.3, -0.25) is 14.5 Å². The van der Waals surface area contributed by atoms with Crippen LogP contribution in [-0.2, 0) is 14.3 Å². The third-order valence-electron chi connectivity index (χ3n) is 4.08. The van der Waals surface area contributed by atoms with Crippen LogP contribution in [0, 0.1) is 0 Å². The van der Waals surface area contributed by atoms with Crippen molar-refractivity contribution in [2.45, 2.75) is 18.9 Å². The quantitative estimate of drug-likeness (QED) is 0.810. The molecule has 0 radical (unpaired) electrons. The van der Waals surface area contributed by atoms with E-state index >= 15 is 0 Å². The average molecular weight is 364 g/mol. The minimum absolute atomic E-state index is 0.100. The maximum absolute atomic E-state index is 12.5. The van der Waals surface area contributed by atoms with Gasteiger partial charge < -0.3 is 10.1 Å². The summed E-state index contributed by atoms with van der Waals surface area (Å²) in [5.41, 5.74) is 1.18. The number of esters is 1. The van der Waals surface area contributed by atoms with Gasteiger partial charge in [0.05, 0.1) is 25.0 Å². The number of carbonyl (C=O) groups is 2. The van der Waals surface area contributed by atoms with Crippen LogP contribution in [0.25, 0.3) is 5.69 Å². The van der Waals surface area contributed by atoms with Crippen molar-refractivity contribution in [2.75, 3.05) is 25.5 Å². The number of halogens is 1. The molecule has 132 valence electrons. The number of nitrogens with one attached hydrogen (secondary N) is 1. The Morgan fingerprint density at radius 3 is 3.00 bits per heavy atom. The summed E-state index contributed by atoms with van der Waals surface area (Å²) in [5, 5.41) is 7.40. The van der Waals surface area contributed by atoms with Crippen LogP contribution in [-0.4, -0.2) is 57.8 Å². The molecule has 1 aliphatic rings. The van der Waals surface area contributed by atoms with Crippen molar-refractivity contribution < 1.29 is 14.3 Å². The number of likely N-dealkylation sites (tertiary alicyclic amines) is 1. The lowest BCUT2D eigenvalue weighted by Crippen LogP contribution is -2.41. The second-order valence-corrected chi connectivity index (χ2v) is 6.14. The highest BCUT2D eigenvalue weighted by Crippen LogP contribution is 2.24. The zero-order valence-corrected chi connectivity index (χ0v) is 14.4. The number of rotatable bonds is 5. The number of anilines is 1. The number of methoxy groups -OCH3 is 1. The third kappa shape index (κ3) is 3.97. The van der Waals surface area contributed by atoms with E-state index in [1.165, 1.54) is 19.8 Å². The molecule has 0 bridgehead atoms. The van der Waals surface area contributed by atoms with Crippen molar-refractivity contribution >= 4 is 29.2 Å². The van der Waals surface area contributed by atoms with Crippen molar-refractivity contribution in [3.8, 4) is 5.69 Å². The van der Waals surface area contributed by atoms with E-state index in [9.17, 15) is 9.59 Å². The van der Waals surface area contributed by atoms with Gasteiger partial charge >= 0.3 is 5.97 Å². The van der Waals surface area contributed by atoms with Crippen molar-refractivity contribution in [2.24, 2.45) is 0 Å². The van der Waals surface area contributed by atoms with Gasteiger partial charge in [-0.25, -0.2) is 9.67 Å². The Balaban J connectivity index is 1.73. The first-order chi connectivity index (χ1) is 12.1. The molecule has 0 aliphatic carbocycles. The molecule has 8 nitrogen and oxygen atoms in total. The van der Waals surface area contributed by atoms with Crippen LogP contribution < -0.4 is 5.32 Å². The van der Waals surface area contributed by atoms with Gasteiger partial charge in [-0.15, -0.1) is 0 Å². The average Bonchev–Trinajstić information content (AvgIpc) is 3.26. The van der Waals surface area contributed by atoms with Gasteiger partial charge in [-0.1, -0.05) is 11.6 Å². The molecule has 0 spiro atoms. The van der Waals surface area contributed by atoms with E-state index in [0.29, 0.717) is 29.4 Å². The number of benzene rings is 1. The maximum atomic E-state index is 12.5. The highest BCUT2D eigenvalue weighted by molar-refractivity contribution is 6.31. The molecule has 1 amide bonds. The van der Waals surface area contributed by atoms with Crippen molar-refractivity contribution in [1.29, 1.82) is 0 Å². The summed E-state index contributed by atoms with van der Waals surface area (Å²) in [4.78, 5) is 30.0. The summed E-state index contributed by atoms with van der Waals surface area (Å²) in [6.07, 6.45) is 4.49. The number of nitrogens with zero attached hydrogens (tertiary/aromatic N) is 4. The lowest BCUT2D eigenvalue weighted by Gasteiger charge is -2.22. The SMILES string of the molecule is COC(=O)C1CCCN1CC(=O)Nc1cc(Cl)ccc1-n1cncn1. The topological polar surface area (TPSA) is 89.4 Å². The zero-order chi connectivity index (χ0) is 17.8. The Hall–Kier alpha value is -2.45. The van der Waals surface area contributed by atoms with Gasteiger partial charge in [0, 0.05) is 5.02 Å². The predicted octanol–water partition coefficient (Wildman–Crippen LogP) is 1.50. The first-order valence-corrected chi connectivity index (χ1v) is 8.22. The van der Waals surface area contributed by atoms with E-state index in [2.05, 4.69) is 15.4 Å². The van der Waals surface area contributed by atoms with Crippen molar-refractivity contribution in [3.05, 3.63) is 35.9 Å². The lowest BCUT2D eigenvalue weighted by atomic mass is 10.2. The fourth-order valence-corrected chi connectivity index (χ4v) is 3.11. The summed E-state index contributed by atoms with van der Waals surface area (Å²) >= 11 is 6.05. The van der Waals surface area contributed by atoms with Crippen LogP contribution in [0.1, 0.15) is 12.8 Å². The van der Waals surface area contributed by atoms with E-state index in [1.807, 2.05) is 4.90 Å². The van der Waals surface area contributed by atoms with Gasteiger partial charge in [0.2, 0.25) is 5.91 Å². The number of ether oxygens (including phenoxy) is 1. The van der Waals surface area contributed by atoms with Crippen molar-refractivity contribution in [1.82, 2.24) is 19.7 Å². The summed E-state index contributed by atoms with van der Waals surface area (Å²) in [5.74, 6) is -0.546. The first-order valence-electron chi connectivity index (χ1n) is 7.85. The smallest absolute Gasteiger partial charge is 0.323 e. The summed E-state index contributed by atoms with van der Waals surface area (Å²) in [6.45, 7) is 0.780. The Bertz CT molecular complexity index is 765. The number of amides is 1. The molecule has 2 heterocycles. The molecule has 1 aromatic heterocycles. The minimum Gasteiger partial charge on any atom is -0.468 e. The lowest BCUT2D eigenvalue weighted by molar-refractivity contribution is -0.146. The Labute approximate surface area is 149 Å². The fraction of sp³-hybridized carbons (Fsp3) is 0.375. The molecule has 9 heteroatoms. The van der Waals surface area contributed by atoms with Gasteiger partial charge in [-0.2, -0.15) is 5.10 Å². The van der Waals surface area contributed by atoms with E-state index in [-0.39, 0.29) is 24.5 Å². The minimum atomic E-state index is -0.370. The highest BCUT2D eigenvalue weighted by atomic mass is 35.5. The van der Waals surface area contributed by atoms with Gasteiger partial charge in [0.1, 0.15) is 18.7 Å². The monoisotopic (exact) mass is 363 g/mol. The van der Waals surface area contributed by atoms with Crippen molar-refractivity contribution in [3.63, 3.8) is 0 Å². The molecule has 1 aromatic carbocycles. The molecule has 1 fully saturated rings.